The zero-order chi connectivity index (χ0) is 25.1. The largest absolute Gasteiger partial charge is 0.384 e. The van der Waals surface area contributed by atoms with Crippen LogP contribution >= 0.6 is 0 Å². The number of rotatable bonds is 6. The predicted molar refractivity (Wildman–Crippen MR) is 143 cm³/mol. The molecule has 2 fully saturated rings. The number of fused-ring (bicyclic) bond motifs is 2. The number of primary amides is 1. The normalized spacial score (nSPS) is 20.0. The molecule has 3 aliphatic heterocycles. The van der Waals surface area contributed by atoms with Crippen LogP contribution < -0.4 is 16.0 Å². The first kappa shape index (κ1) is 22.5. The standard InChI is InChI=1S/C29H32N6O2/c30-27(36)25-23-10-16-34(21-7-4-20(5-8-21)29(11-12-29)18-33-14-1-2-15-33)28(37)26(23)35(32-25)22-6-3-19-9-13-31-24(19)17-22/h3-8,17,31H,1-2,9-16,18H2,(H2,30,36). The summed E-state index contributed by atoms with van der Waals surface area (Å²) in [6.45, 7) is 4.95. The smallest absolute Gasteiger partial charge is 0.277 e. The average molecular weight is 497 g/mol. The Bertz CT molecular complexity index is 1400. The summed E-state index contributed by atoms with van der Waals surface area (Å²) in [7, 11) is 0. The van der Waals surface area contributed by atoms with Crippen molar-refractivity contribution in [3.63, 3.8) is 0 Å². The second-order valence-electron chi connectivity index (χ2n) is 11.0. The van der Waals surface area contributed by atoms with Gasteiger partial charge >= 0.3 is 0 Å². The number of benzene rings is 2. The number of nitrogens with two attached hydrogens (primary N) is 1. The lowest BCUT2D eigenvalue weighted by molar-refractivity contribution is 0.0972. The lowest BCUT2D eigenvalue weighted by atomic mass is 9.94. The van der Waals surface area contributed by atoms with Crippen molar-refractivity contribution in [1.29, 1.82) is 0 Å². The summed E-state index contributed by atoms with van der Waals surface area (Å²) in [5, 5.41) is 7.91. The number of likely N-dealkylation sites (tertiary alicyclic amines) is 1. The fourth-order valence-corrected chi connectivity index (χ4v) is 6.45. The van der Waals surface area contributed by atoms with E-state index < -0.39 is 5.91 Å². The summed E-state index contributed by atoms with van der Waals surface area (Å²) < 4.78 is 1.60. The van der Waals surface area contributed by atoms with E-state index in [1.54, 1.807) is 9.58 Å². The quantitative estimate of drug-likeness (QED) is 0.546. The van der Waals surface area contributed by atoms with Crippen LogP contribution in [-0.2, 0) is 18.3 Å². The Morgan fingerprint density at radius 2 is 1.76 bits per heavy atom. The van der Waals surface area contributed by atoms with E-state index in [9.17, 15) is 9.59 Å². The van der Waals surface area contributed by atoms with Crippen molar-refractivity contribution in [1.82, 2.24) is 14.7 Å². The van der Waals surface area contributed by atoms with Crippen LogP contribution in [0.25, 0.3) is 5.69 Å². The molecule has 1 saturated carbocycles. The number of carbonyl (C=O) groups excluding carboxylic acids is 2. The Morgan fingerprint density at radius 1 is 1.00 bits per heavy atom. The van der Waals surface area contributed by atoms with Gasteiger partial charge in [-0.2, -0.15) is 5.10 Å². The summed E-state index contributed by atoms with van der Waals surface area (Å²) in [4.78, 5) is 30.5. The van der Waals surface area contributed by atoms with Crippen molar-refractivity contribution in [2.45, 2.75) is 43.9 Å². The molecule has 0 radical (unpaired) electrons. The predicted octanol–water partition coefficient (Wildman–Crippen LogP) is 3.27. The third-order valence-electron chi connectivity index (χ3n) is 8.67. The van der Waals surface area contributed by atoms with Gasteiger partial charge in [0.1, 0.15) is 5.69 Å². The van der Waals surface area contributed by atoms with Gasteiger partial charge in [0.2, 0.25) is 0 Å². The second-order valence-corrected chi connectivity index (χ2v) is 11.0. The number of carbonyl (C=O) groups is 2. The molecule has 0 atom stereocenters. The molecule has 1 aromatic heterocycles. The van der Waals surface area contributed by atoms with Crippen molar-refractivity contribution in [3.05, 3.63) is 70.5 Å². The van der Waals surface area contributed by atoms with E-state index in [4.69, 9.17) is 5.73 Å². The summed E-state index contributed by atoms with van der Waals surface area (Å²) in [6.07, 6.45) is 6.60. The zero-order valence-corrected chi connectivity index (χ0v) is 21.0. The monoisotopic (exact) mass is 496 g/mol. The Hall–Kier alpha value is -3.65. The number of hydrogen-bond acceptors (Lipinski definition) is 5. The molecule has 3 N–H and O–H groups in total. The van der Waals surface area contributed by atoms with E-state index >= 15 is 0 Å². The fourth-order valence-electron chi connectivity index (χ4n) is 6.45. The van der Waals surface area contributed by atoms with Gasteiger partial charge in [-0.05, 0) is 87.0 Å². The minimum absolute atomic E-state index is 0.152. The highest BCUT2D eigenvalue weighted by atomic mass is 16.2. The first-order valence-electron chi connectivity index (χ1n) is 13.5. The van der Waals surface area contributed by atoms with Gasteiger partial charge in [0.05, 0.1) is 5.69 Å². The molecule has 2 aromatic carbocycles. The molecule has 2 amide bonds. The molecule has 3 aromatic rings. The minimum Gasteiger partial charge on any atom is -0.384 e. The summed E-state index contributed by atoms with van der Waals surface area (Å²) in [5.41, 5.74) is 12.5. The van der Waals surface area contributed by atoms with Crippen LogP contribution in [0.5, 0.6) is 0 Å². The first-order valence-corrected chi connectivity index (χ1v) is 13.5. The van der Waals surface area contributed by atoms with Gasteiger partial charge in [-0.1, -0.05) is 18.2 Å². The number of hydrogen-bond donors (Lipinski definition) is 2. The number of aromatic nitrogens is 2. The van der Waals surface area contributed by atoms with E-state index in [-0.39, 0.29) is 17.0 Å². The Kier molecular flexibility index (Phi) is 5.15. The van der Waals surface area contributed by atoms with Crippen molar-refractivity contribution in [3.8, 4) is 5.69 Å². The molecule has 1 saturated heterocycles. The van der Waals surface area contributed by atoms with Gasteiger partial charge in [0.15, 0.2) is 5.69 Å². The molecule has 4 heterocycles. The van der Waals surface area contributed by atoms with Crippen molar-refractivity contribution >= 4 is 23.2 Å². The molecule has 8 nitrogen and oxygen atoms in total. The van der Waals surface area contributed by atoms with Gasteiger partial charge in [0.25, 0.3) is 11.8 Å². The van der Waals surface area contributed by atoms with E-state index in [1.807, 2.05) is 12.1 Å². The molecule has 1 aliphatic carbocycles. The van der Waals surface area contributed by atoms with Crippen molar-refractivity contribution in [2.75, 3.05) is 42.9 Å². The SMILES string of the molecule is NC(=O)c1nn(-c2ccc3c(c2)NCC3)c2c1CCN(c1ccc(C3(CN4CCCC4)CC3)cc1)C2=O. The van der Waals surface area contributed by atoms with E-state index in [0.29, 0.717) is 24.2 Å². The highest BCUT2D eigenvalue weighted by Gasteiger charge is 2.45. The van der Waals surface area contributed by atoms with Crippen LogP contribution in [0.15, 0.2) is 42.5 Å². The highest BCUT2D eigenvalue weighted by Crippen LogP contribution is 2.49. The van der Waals surface area contributed by atoms with Gasteiger partial charge in [0, 0.05) is 42.0 Å². The minimum atomic E-state index is -0.604. The maximum absolute atomic E-state index is 13.9. The fraction of sp³-hybridized carbons (Fsp3) is 0.414. The van der Waals surface area contributed by atoms with Crippen LogP contribution in [0.4, 0.5) is 11.4 Å². The average Bonchev–Trinajstić information content (AvgIpc) is 3.26. The van der Waals surface area contributed by atoms with E-state index in [0.717, 1.165) is 36.6 Å². The van der Waals surface area contributed by atoms with Crippen molar-refractivity contribution in [2.24, 2.45) is 5.73 Å². The van der Waals surface area contributed by atoms with Crippen molar-refractivity contribution < 1.29 is 9.59 Å². The van der Waals surface area contributed by atoms with Gasteiger partial charge < -0.3 is 20.9 Å². The van der Waals surface area contributed by atoms with Crippen LogP contribution in [0, 0.1) is 0 Å². The molecule has 37 heavy (non-hydrogen) atoms. The Morgan fingerprint density at radius 3 is 2.49 bits per heavy atom. The summed E-state index contributed by atoms with van der Waals surface area (Å²) in [6, 6.07) is 14.6. The molecular weight excluding hydrogens is 464 g/mol. The van der Waals surface area contributed by atoms with Crippen LogP contribution in [-0.4, -0.2) is 59.2 Å². The number of anilines is 2. The maximum Gasteiger partial charge on any atom is 0.277 e. The third kappa shape index (κ3) is 3.73. The van der Waals surface area contributed by atoms with E-state index in [1.165, 1.54) is 49.9 Å². The van der Waals surface area contributed by atoms with Crippen LogP contribution in [0.1, 0.15) is 63.4 Å². The molecule has 0 bridgehead atoms. The molecule has 7 rings (SSSR count). The lowest BCUT2D eigenvalue weighted by Crippen LogP contribution is -2.39. The maximum atomic E-state index is 13.9. The Labute approximate surface area is 216 Å². The molecule has 8 heteroatoms. The number of amides is 2. The second kappa shape index (κ2) is 8.45. The highest BCUT2D eigenvalue weighted by molar-refractivity contribution is 6.09. The third-order valence-corrected chi connectivity index (χ3v) is 8.67. The Balaban J connectivity index is 1.20. The number of nitrogens with one attached hydrogen (secondary N) is 1. The summed E-state index contributed by atoms with van der Waals surface area (Å²) >= 11 is 0. The van der Waals surface area contributed by atoms with Crippen LogP contribution in [0.3, 0.4) is 0 Å². The zero-order valence-electron chi connectivity index (χ0n) is 21.0. The number of nitrogens with zero attached hydrogens (tertiary/aromatic N) is 4. The summed E-state index contributed by atoms with van der Waals surface area (Å²) in [5.74, 6) is -0.756. The molecular formula is C29H32N6O2. The molecule has 4 aliphatic rings. The van der Waals surface area contributed by atoms with Crippen LogP contribution in [0.2, 0.25) is 0 Å². The lowest BCUT2D eigenvalue weighted by Gasteiger charge is -2.29. The van der Waals surface area contributed by atoms with E-state index in [2.05, 4.69) is 45.6 Å². The molecule has 190 valence electrons. The van der Waals surface area contributed by atoms with Gasteiger partial charge in [-0.25, -0.2) is 4.68 Å². The van der Waals surface area contributed by atoms with Gasteiger partial charge in [-0.3, -0.25) is 9.59 Å². The molecule has 0 unspecified atom stereocenters. The van der Waals surface area contributed by atoms with Gasteiger partial charge in [-0.15, -0.1) is 0 Å². The topological polar surface area (TPSA) is 96.5 Å². The molecule has 0 spiro atoms. The first-order chi connectivity index (χ1) is 18.0.